The van der Waals surface area contributed by atoms with Gasteiger partial charge in [0.2, 0.25) is 0 Å². The highest BCUT2D eigenvalue weighted by Crippen LogP contribution is 2.28. The highest BCUT2D eigenvalue weighted by molar-refractivity contribution is 5.54. The van der Waals surface area contributed by atoms with Crippen LogP contribution in [0, 0.1) is 6.92 Å². The Bertz CT molecular complexity index is 740. The van der Waals surface area contributed by atoms with Gasteiger partial charge in [-0.15, -0.1) is 0 Å². The molecule has 1 atom stereocenters. The summed E-state index contributed by atoms with van der Waals surface area (Å²) in [4.78, 5) is 17.0. The fourth-order valence-corrected chi connectivity index (χ4v) is 4.40. The van der Waals surface area contributed by atoms with E-state index in [1.807, 2.05) is 6.92 Å². The van der Waals surface area contributed by atoms with Crippen LogP contribution in [0.15, 0.2) is 36.4 Å². The Morgan fingerprint density at radius 1 is 0.889 bits per heavy atom. The molecule has 1 aromatic carbocycles. The first kappa shape index (κ1) is 18.1. The third-order valence-corrected chi connectivity index (χ3v) is 5.93. The highest BCUT2D eigenvalue weighted by atomic mass is 15.3. The quantitative estimate of drug-likeness (QED) is 0.822. The molecule has 0 radical (unpaired) electrons. The van der Waals surface area contributed by atoms with E-state index < -0.39 is 0 Å². The molecule has 4 rings (SSSR count). The van der Waals surface area contributed by atoms with Crippen molar-refractivity contribution in [1.29, 1.82) is 0 Å². The van der Waals surface area contributed by atoms with E-state index in [9.17, 15) is 0 Å². The lowest BCUT2D eigenvalue weighted by molar-refractivity contribution is 0.446. The van der Waals surface area contributed by atoms with Gasteiger partial charge < -0.3 is 14.7 Å². The molecule has 0 N–H and O–H groups in total. The second-order valence-electron chi connectivity index (χ2n) is 7.69. The Morgan fingerprint density at radius 3 is 2.33 bits per heavy atom. The van der Waals surface area contributed by atoms with Crippen LogP contribution < -0.4 is 14.7 Å². The third kappa shape index (κ3) is 4.02. The Balaban J connectivity index is 1.49. The monoisotopic (exact) mass is 365 g/mol. The predicted molar refractivity (Wildman–Crippen MR) is 113 cm³/mol. The fourth-order valence-electron chi connectivity index (χ4n) is 4.40. The molecule has 0 spiro atoms. The number of nitrogens with zero attached hydrogens (tertiary/aromatic N) is 5. The van der Waals surface area contributed by atoms with Crippen molar-refractivity contribution in [3.8, 4) is 0 Å². The van der Waals surface area contributed by atoms with Crippen molar-refractivity contribution in [1.82, 2.24) is 9.97 Å². The summed E-state index contributed by atoms with van der Waals surface area (Å²) in [5.41, 5.74) is 1.32. The van der Waals surface area contributed by atoms with Crippen LogP contribution in [0.25, 0.3) is 0 Å². The Hall–Kier alpha value is -2.30. The highest BCUT2D eigenvalue weighted by Gasteiger charge is 2.24. The van der Waals surface area contributed by atoms with Crippen molar-refractivity contribution >= 4 is 17.3 Å². The van der Waals surface area contributed by atoms with Crippen molar-refractivity contribution in [3.05, 3.63) is 42.2 Å². The first-order valence-corrected chi connectivity index (χ1v) is 10.4. The molecule has 2 aromatic rings. The number of para-hydroxylation sites is 1. The number of aromatic nitrogens is 2. The lowest BCUT2D eigenvalue weighted by atomic mass is 10.00. The molecule has 1 unspecified atom stereocenters. The number of rotatable bonds is 4. The molecule has 2 fully saturated rings. The fraction of sp³-hybridized carbons (Fsp3) is 0.545. The molecule has 5 nitrogen and oxygen atoms in total. The molecule has 0 amide bonds. The molecule has 0 bridgehead atoms. The number of hydrogen-bond acceptors (Lipinski definition) is 5. The molecule has 2 saturated heterocycles. The van der Waals surface area contributed by atoms with Crippen LogP contribution in [-0.2, 0) is 0 Å². The SMILES string of the molecule is CCC1CCCCN1c1cc(N2CCN(c3ccccc3)CC2)nc(C)n1. The predicted octanol–water partition coefficient (Wildman–Crippen LogP) is 3.88. The van der Waals surface area contributed by atoms with Crippen LogP contribution in [0.3, 0.4) is 0 Å². The van der Waals surface area contributed by atoms with Gasteiger partial charge in [0, 0.05) is 50.5 Å². The van der Waals surface area contributed by atoms with Crippen LogP contribution in [0.2, 0.25) is 0 Å². The van der Waals surface area contributed by atoms with E-state index in [1.54, 1.807) is 0 Å². The summed E-state index contributed by atoms with van der Waals surface area (Å²) < 4.78 is 0. The minimum absolute atomic E-state index is 0.621. The van der Waals surface area contributed by atoms with Crippen LogP contribution >= 0.6 is 0 Å². The van der Waals surface area contributed by atoms with Gasteiger partial charge in [-0.3, -0.25) is 0 Å². The summed E-state index contributed by atoms with van der Waals surface area (Å²) in [6.45, 7) is 9.51. The van der Waals surface area contributed by atoms with Crippen molar-refractivity contribution in [2.45, 2.75) is 45.6 Å². The summed E-state index contributed by atoms with van der Waals surface area (Å²) >= 11 is 0. The number of piperidine rings is 1. The van der Waals surface area contributed by atoms with E-state index in [-0.39, 0.29) is 0 Å². The second kappa shape index (κ2) is 8.15. The zero-order valence-corrected chi connectivity index (χ0v) is 16.6. The van der Waals surface area contributed by atoms with Crippen LogP contribution in [-0.4, -0.2) is 48.7 Å². The molecule has 144 valence electrons. The Kier molecular flexibility index (Phi) is 5.46. The zero-order chi connectivity index (χ0) is 18.6. The largest absolute Gasteiger partial charge is 0.368 e. The second-order valence-corrected chi connectivity index (χ2v) is 7.69. The summed E-state index contributed by atoms with van der Waals surface area (Å²) in [5, 5.41) is 0. The molecule has 0 aliphatic carbocycles. The van der Waals surface area contributed by atoms with E-state index in [4.69, 9.17) is 9.97 Å². The van der Waals surface area contributed by atoms with Crippen molar-refractivity contribution in [2.75, 3.05) is 47.4 Å². The van der Waals surface area contributed by atoms with Crippen molar-refractivity contribution in [3.63, 3.8) is 0 Å². The maximum atomic E-state index is 4.79. The molecule has 5 heteroatoms. The average molecular weight is 366 g/mol. The smallest absolute Gasteiger partial charge is 0.134 e. The van der Waals surface area contributed by atoms with E-state index in [2.05, 4.69) is 58.0 Å². The minimum Gasteiger partial charge on any atom is -0.368 e. The molecular formula is C22H31N5. The molecule has 0 saturated carbocycles. The first-order chi connectivity index (χ1) is 13.2. The molecule has 1 aromatic heterocycles. The number of hydrogen-bond donors (Lipinski definition) is 0. The maximum Gasteiger partial charge on any atom is 0.134 e. The van der Waals surface area contributed by atoms with Gasteiger partial charge in [0.15, 0.2) is 0 Å². The Morgan fingerprint density at radius 2 is 1.59 bits per heavy atom. The topological polar surface area (TPSA) is 35.5 Å². The summed E-state index contributed by atoms with van der Waals surface area (Å²) in [6, 6.07) is 13.5. The number of aryl methyl sites for hydroxylation is 1. The number of anilines is 3. The zero-order valence-electron chi connectivity index (χ0n) is 16.6. The molecule has 3 heterocycles. The van der Waals surface area contributed by atoms with Gasteiger partial charge >= 0.3 is 0 Å². The maximum absolute atomic E-state index is 4.79. The van der Waals surface area contributed by atoms with Crippen LogP contribution in [0.5, 0.6) is 0 Å². The molecule has 2 aliphatic rings. The molecule has 2 aliphatic heterocycles. The van der Waals surface area contributed by atoms with Crippen LogP contribution in [0.4, 0.5) is 17.3 Å². The van der Waals surface area contributed by atoms with Crippen molar-refractivity contribution < 1.29 is 0 Å². The average Bonchev–Trinajstić information content (AvgIpc) is 2.74. The lowest BCUT2D eigenvalue weighted by Crippen LogP contribution is -2.47. The summed E-state index contributed by atoms with van der Waals surface area (Å²) in [5.74, 6) is 3.09. The lowest BCUT2D eigenvalue weighted by Gasteiger charge is -2.38. The summed E-state index contributed by atoms with van der Waals surface area (Å²) in [6.07, 6.45) is 5.08. The Labute approximate surface area is 163 Å². The van der Waals surface area contributed by atoms with Crippen LogP contribution in [0.1, 0.15) is 38.4 Å². The van der Waals surface area contributed by atoms with Gasteiger partial charge in [-0.25, -0.2) is 9.97 Å². The van der Waals surface area contributed by atoms with Crippen molar-refractivity contribution in [2.24, 2.45) is 0 Å². The van der Waals surface area contributed by atoms with E-state index >= 15 is 0 Å². The van der Waals surface area contributed by atoms with Gasteiger partial charge in [-0.1, -0.05) is 25.1 Å². The molecule has 27 heavy (non-hydrogen) atoms. The van der Waals surface area contributed by atoms with E-state index in [0.717, 1.165) is 50.2 Å². The van der Waals surface area contributed by atoms with Gasteiger partial charge in [-0.2, -0.15) is 0 Å². The third-order valence-electron chi connectivity index (χ3n) is 5.93. The number of benzene rings is 1. The van der Waals surface area contributed by atoms with E-state index in [0.29, 0.717) is 6.04 Å². The number of piperazine rings is 1. The van der Waals surface area contributed by atoms with Gasteiger partial charge in [0.25, 0.3) is 0 Å². The summed E-state index contributed by atoms with van der Waals surface area (Å²) in [7, 11) is 0. The normalized spacial score (nSPS) is 20.8. The van der Waals surface area contributed by atoms with Gasteiger partial charge in [-0.05, 0) is 44.7 Å². The molecular weight excluding hydrogens is 334 g/mol. The van der Waals surface area contributed by atoms with E-state index in [1.165, 1.54) is 31.4 Å². The van der Waals surface area contributed by atoms with Gasteiger partial charge in [0.1, 0.15) is 17.5 Å². The van der Waals surface area contributed by atoms with Gasteiger partial charge in [0.05, 0.1) is 0 Å². The first-order valence-electron chi connectivity index (χ1n) is 10.4. The minimum atomic E-state index is 0.621. The standard InChI is InChI=1S/C22H31N5/c1-3-19-9-7-8-12-27(19)22-17-21(23-18(2)24-22)26-15-13-25(14-16-26)20-10-5-4-6-11-20/h4-6,10-11,17,19H,3,7-9,12-16H2,1-2H3.